The largest absolute Gasteiger partial charge is 0.457 e. The van der Waals surface area contributed by atoms with Crippen molar-refractivity contribution in [1.82, 2.24) is 0 Å². The first kappa shape index (κ1) is 20.1. The summed E-state index contributed by atoms with van der Waals surface area (Å²) in [4.78, 5) is 12.4. The highest BCUT2D eigenvalue weighted by Crippen LogP contribution is 2.21. The van der Waals surface area contributed by atoms with Crippen LogP contribution in [0.25, 0.3) is 0 Å². The lowest BCUT2D eigenvalue weighted by Gasteiger charge is -2.09. The number of hydrogen-bond donors (Lipinski definition) is 0. The molecule has 0 unspecified atom stereocenters. The number of halogens is 3. The molecule has 0 saturated heterocycles. The molecule has 5 heteroatoms. The first-order chi connectivity index (χ1) is 12.5. The van der Waals surface area contributed by atoms with E-state index in [0.717, 1.165) is 15.6 Å². The van der Waals surface area contributed by atoms with Gasteiger partial charge in [0, 0.05) is 10.7 Å². The lowest BCUT2D eigenvalue weighted by atomic mass is 10.0. The number of hydrogen-bond acceptors (Lipinski definition) is 2. The predicted molar refractivity (Wildman–Crippen MR) is 129 cm³/mol. The van der Waals surface area contributed by atoms with Crippen LogP contribution in [0.5, 0.6) is 0 Å². The van der Waals surface area contributed by atoms with Gasteiger partial charge in [0.05, 0.1) is 5.56 Å². The zero-order valence-electron chi connectivity index (χ0n) is 13.7. The van der Waals surface area contributed by atoms with Crippen molar-refractivity contribution in [2.75, 3.05) is 0 Å². The summed E-state index contributed by atoms with van der Waals surface area (Å²) < 4.78 is 8.87. The Kier molecular flexibility index (Phi) is 7.33. The van der Waals surface area contributed by atoms with Gasteiger partial charge in [-0.05, 0) is 115 Å². The molecule has 0 N–H and O–H groups in total. The van der Waals surface area contributed by atoms with Gasteiger partial charge >= 0.3 is 5.97 Å². The van der Waals surface area contributed by atoms with Gasteiger partial charge in [0.15, 0.2) is 0 Å². The predicted octanol–water partition coefficient (Wildman–Crippen LogP) is 6.45. The van der Waals surface area contributed by atoms with E-state index in [1.807, 2.05) is 42.5 Å². The van der Waals surface area contributed by atoms with Crippen molar-refractivity contribution in [3.05, 3.63) is 99.7 Å². The van der Waals surface area contributed by atoms with E-state index in [2.05, 4.69) is 92.0 Å². The van der Waals surface area contributed by atoms with Crippen LogP contribution in [0.4, 0.5) is 0 Å². The summed E-state index contributed by atoms with van der Waals surface area (Å²) in [6.07, 6.45) is 0.849. The molecule has 0 bridgehead atoms. The topological polar surface area (TPSA) is 26.3 Å². The Hall–Kier alpha value is -0.680. The van der Waals surface area contributed by atoms with Crippen LogP contribution in [0.1, 0.15) is 27.0 Å². The van der Waals surface area contributed by atoms with Gasteiger partial charge in [-0.25, -0.2) is 4.79 Å². The standard InChI is InChI=1S/C21H15I3O2/c22-18-9-7-16(12-20(18)24)10-15-6-8-17(19(23)11-15)21(25)26-13-14-4-2-1-3-5-14/h1-9,11-12H,10,13H2. The van der Waals surface area contributed by atoms with Gasteiger partial charge in [0.1, 0.15) is 6.61 Å². The van der Waals surface area contributed by atoms with E-state index in [1.54, 1.807) is 0 Å². The molecule has 132 valence electrons. The lowest BCUT2D eigenvalue weighted by Crippen LogP contribution is -2.07. The number of carbonyl (C=O) groups is 1. The molecule has 3 aromatic rings. The molecule has 0 radical (unpaired) electrons. The van der Waals surface area contributed by atoms with Crippen molar-refractivity contribution in [2.24, 2.45) is 0 Å². The second kappa shape index (κ2) is 9.50. The summed E-state index contributed by atoms with van der Waals surface area (Å²) in [5.41, 5.74) is 4.05. The summed E-state index contributed by atoms with van der Waals surface area (Å²) in [6.45, 7) is 0.290. The van der Waals surface area contributed by atoms with Crippen molar-refractivity contribution in [1.29, 1.82) is 0 Å². The Morgan fingerprint density at radius 1 is 0.731 bits per heavy atom. The molecular formula is C21H15I3O2. The van der Waals surface area contributed by atoms with Crippen molar-refractivity contribution < 1.29 is 9.53 Å². The summed E-state index contributed by atoms with van der Waals surface area (Å²) in [5.74, 6) is -0.284. The molecule has 0 fully saturated rings. The summed E-state index contributed by atoms with van der Waals surface area (Å²) in [5, 5.41) is 0. The maximum atomic E-state index is 12.4. The smallest absolute Gasteiger partial charge is 0.339 e. The van der Waals surface area contributed by atoms with Crippen LogP contribution in [-0.2, 0) is 17.8 Å². The van der Waals surface area contributed by atoms with Crippen LogP contribution in [0.3, 0.4) is 0 Å². The molecule has 0 aromatic heterocycles. The van der Waals surface area contributed by atoms with E-state index in [1.165, 1.54) is 18.3 Å². The van der Waals surface area contributed by atoms with Crippen molar-refractivity contribution in [2.45, 2.75) is 13.0 Å². The monoisotopic (exact) mass is 680 g/mol. The molecule has 3 aromatic carbocycles. The minimum Gasteiger partial charge on any atom is -0.457 e. The number of carbonyl (C=O) groups excluding carboxylic acids is 1. The third-order valence-electron chi connectivity index (χ3n) is 3.86. The Balaban J connectivity index is 1.68. The van der Waals surface area contributed by atoms with Gasteiger partial charge in [-0.2, -0.15) is 0 Å². The Bertz CT molecular complexity index is 924. The van der Waals surface area contributed by atoms with Crippen LogP contribution in [0, 0.1) is 10.7 Å². The van der Waals surface area contributed by atoms with Gasteiger partial charge in [-0.3, -0.25) is 0 Å². The molecule has 0 heterocycles. The van der Waals surface area contributed by atoms with Crippen LogP contribution in [-0.4, -0.2) is 5.97 Å². The van der Waals surface area contributed by atoms with Gasteiger partial charge in [-0.1, -0.05) is 42.5 Å². The Labute approximate surface area is 194 Å². The first-order valence-corrected chi connectivity index (χ1v) is 11.2. The number of ether oxygens (including phenoxy) is 1. The van der Waals surface area contributed by atoms with Crippen LogP contribution >= 0.6 is 67.8 Å². The minimum absolute atomic E-state index is 0.284. The zero-order valence-corrected chi connectivity index (χ0v) is 20.2. The van der Waals surface area contributed by atoms with Crippen LogP contribution in [0.2, 0.25) is 0 Å². The van der Waals surface area contributed by atoms with Crippen molar-refractivity contribution in [3.8, 4) is 0 Å². The summed E-state index contributed by atoms with van der Waals surface area (Å²) in [6, 6.07) is 22.1. The molecule has 3 rings (SSSR count). The molecule has 0 aliphatic carbocycles. The Morgan fingerprint density at radius 2 is 1.38 bits per heavy atom. The van der Waals surface area contributed by atoms with Crippen LogP contribution < -0.4 is 0 Å². The quantitative estimate of drug-likeness (QED) is 0.229. The highest BCUT2D eigenvalue weighted by molar-refractivity contribution is 14.1. The van der Waals surface area contributed by atoms with Crippen molar-refractivity contribution in [3.63, 3.8) is 0 Å². The molecule has 0 saturated carbocycles. The first-order valence-electron chi connectivity index (χ1n) is 7.96. The van der Waals surface area contributed by atoms with Crippen LogP contribution in [0.15, 0.2) is 66.7 Å². The molecule has 26 heavy (non-hydrogen) atoms. The molecule has 0 aliphatic heterocycles. The van der Waals surface area contributed by atoms with Gasteiger partial charge < -0.3 is 4.74 Å². The SMILES string of the molecule is O=C(OCc1ccccc1)c1ccc(Cc2ccc(I)c(I)c2)cc1I. The number of esters is 1. The number of rotatable bonds is 5. The second-order valence-corrected chi connectivity index (χ2v) is 9.29. The third kappa shape index (κ3) is 5.41. The molecule has 0 amide bonds. The average molecular weight is 680 g/mol. The maximum absolute atomic E-state index is 12.4. The van der Waals surface area contributed by atoms with E-state index < -0.39 is 0 Å². The average Bonchev–Trinajstić information content (AvgIpc) is 2.64. The second-order valence-electron chi connectivity index (χ2n) is 5.80. The molecular weight excluding hydrogens is 665 g/mol. The molecule has 0 atom stereocenters. The molecule has 0 aliphatic rings. The highest BCUT2D eigenvalue weighted by atomic mass is 127. The summed E-state index contributed by atoms with van der Waals surface area (Å²) in [7, 11) is 0. The number of benzene rings is 3. The zero-order chi connectivity index (χ0) is 18.5. The van der Waals surface area contributed by atoms with E-state index in [4.69, 9.17) is 4.74 Å². The third-order valence-corrected chi connectivity index (χ3v) is 7.62. The van der Waals surface area contributed by atoms with E-state index >= 15 is 0 Å². The fraction of sp³-hybridized carbons (Fsp3) is 0.0952. The van der Waals surface area contributed by atoms with Gasteiger partial charge in [0.25, 0.3) is 0 Å². The van der Waals surface area contributed by atoms with Gasteiger partial charge in [-0.15, -0.1) is 0 Å². The highest BCUT2D eigenvalue weighted by Gasteiger charge is 2.12. The summed E-state index contributed by atoms with van der Waals surface area (Å²) >= 11 is 6.90. The minimum atomic E-state index is -0.284. The van der Waals surface area contributed by atoms with Gasteiger partial charge in [0.2, 0.25) is 0 Å². The maximum Gasteiger partial charge on any atom is 0.339 e. The Morgan fingerprint density at radius 3 is 2.04 bits per heavy atom. The lowest BCUT2D eigenvalue weighted by molar-refractivity contribution is 0.0471. The van der Waals surface area contributed by atoms with E-state index in [9.17, 15) is 4.79 Å². The van der Waals surface area contributed by atoms with E-state index in [0.29, 0.717) is 12.2 Å². The fourth-order valence-corrected chi connectivity index (χ4v) is 4.24. The fourth-order valence-electron chi connectivity index (χ4n) is 2.52. The van der Waals surface area contributed by atoms with E-state index in [-0.39, 0.29) is 5.97 Å². The normalized spacial score (nSPS) is 10.6. The molecule has 2 nitrogen and oxygen atoms in total. The van der Waals surface area contributed by atoms with Crippen molar-refractivity contribution >= 4 is 73.7 Å². The molecule has 0 spiro atoms.